The summed E-state index contributed by atoms with van der Waals surface area (Å²) in [4.78, 5) is 8.54. The molecule has 1 saturated carbocycles. The molecule has 0 radical (unpaired) electrons. The van der Waals surface area contributed by atoms with Gasteiger partial charge in [0.2, 0.25) is 0 Å². The van der Waals surface area contributed by atoms with Crippen molar-refractivity contribution >= 4 is 23.2 Å². The summed E-state index contributed by atoms with van der Waals surface area (Å²) >= 11 is 6.15. The van der Waals surface area contributed by atoms with Gasteiger partial charge in [-0.1, -0.05) is 42.6 Å². The number of anilines is 2. The van der Waals surface area contributed by atoms with E-state index in [-0.39, 0.29) is 0 Å². The maximum Gasteiger partial charge on any atom is 0.131 e. The van der Waals surface area contributed by atoms with Gasteiger partial charge in [0.15, 0.2) is 0 Å². The van der Waals surface area contributed by atoms with Gasteiger partial charge in [-0.2, -0.15) is 0 Å². The van der Waals surface area contributed by atoms with Gasteiger partial charge in [0.25, 0.3) is 0 Å². The zero-order chi connectivity index (χ0) is 14.5. The molecule has 0 atom stereocenters. The molecule has 1 fully saturated rings. The number of nitrogens with zero attached hydrogens (tertiary/aromatic N) is 2. The van der Waals surface area contributed by atoms with E-state index in [1.807, 2.05) is 30.3 Å². The van der Waals surface area contributed by atoms with Crippen molar-refractivity contribution in [1.29, 1.82) is 0 Å². The fraction of sp³-hybridized carbons (Fsp3) is 0.375. The normalized spacial score (nSPS) is 15.1. The molecule has 3 rings (SSSR count). The summed E-state index contributed by atoms with van der Waals surface area (Å²) in [6.45, 7) is 0.652. The van der Waals surface area contributed by atoms with Gasteiger partial charge in [-0.3, -0.25) is 0 Å². The molecule has 1 aliphatic carbocycles. The lowest BCUT2D eigenvalue weighted by Gasteiger charge is -2.13. The van der Waals surface area contributed by atoms with E-state index in [4.69, 9.17) is 11.6 Å². The van der Waals surface area contributed by atoms with Crippen LogP contribution in [0.15, 0.2) is 36.7 Å². The van der Waals surface area contributed by atoms with Crippen LogP contribution < -0.4 is 10.6 Å². The lowest BCUT2D eigenvalue weighted by Crippen LogP contribution is -2.15. The molecule has 1 heterocycles. The van der Waals surface area contributed by atoms with Gasteiger partial charge in [-0.15, -0.1) is 0 Å². The smallest absolute Gasteiger partial charge is 0.131 e. The van der Waals surface area contributed by atoms with Gasteiger partial charge in [-0.05, 0) is 24.5 Å². The molecule has 0 aliphatic heterocycles. The van der Waals surface area contributed by atoms with Crippen molar-refractivity contribution in [2.45, 2.75) is 38.3 Å². The first-order valence-corrected chi connectivity index (χ1v) is 7.75. The first kappa shape index (κ1) is 14.1. The highest BCUT2D eigenvalue weighted by atomic mass is 35.5. The molecule has 0 amide bonds. The van der Waals surface area contributed by atoms with Crippen molar-refractivity contribution < 1.29 is 0 Å². The number of nitrogens with one attached hydrogen (secondary N) is 2. The first-order chi connectivity index (χ1) is 10.3. The Morgan fingerprint density at radius 2 is 1.86 bits per heavy atom. The Morgan fingerprint density at radius 3 is 2.67 bits per heavy atom. The Kier molecular flexibility index (Phi) is 4.55. The number of hydrogen-bond donors (Lipinski definition) is 2. The summed E-state index contributed by atoms with van der Waals surface area (Å²) in [6, 6.07) is 10.3. The van der Waals surface area contributed by atoms with Gasteiger partial charge >= 0.3 is 0 Å². The molecule has 1 aromatic carbocycles. The van der Waals surface area contributed by atoms with Crippen LogP contribution in [-0.2, 0) is 6.54 Å². The van der Waals surface area contributed by atoms with Crippen LogP contribution in [0.3, 0.4) is 0 Å². The molecule has 2 N–H and O–H groups in total. The average Bonchev–Trinajstić information content (AvgIpc) is 3.00. The molecule has 0 unspecified atom stereocenters. The summed E-state index contributed by atoms with van der Waals surface area (Å²) in [5.41, 5.74) is 1.06. The number of aromatic nitrogens is 2. The third-order valence-corrected chi connectivity index (χ3v) is 4.16. The predicted molar refractivity (Wildman–Crippen MR) is 86.7 cm³/mol. The number of rotatable bonds is 5. The molecular formula is C16H19ClN4. The second-order valence-corrected chi connectivity index (χ2v) is 5.77. The van der Waals surface area contributed by atoms with Crippen LogP contribution in [0.2, 0.25) is 5.02 Å². The minimum absolute atomic E-state index is 0.552. The minimum atomic E-state index is 0.552. The van der Waals surface area contributed by atoms with Crippen LogP contribution in [0.25, 0.3) is 0 Å². The summed E-state index contributed by atoms with van der Waals surface area (Å²) in [6.07, 6.45) is 6.66. The zero-order valence-corrected chi connectivity index (χ0v) is 12.6. The lowest BCUT2D eigenvalue weighted by molar-refractivity contribution is 0.750. The number of hydrogen-bond acceptors (Lipinski definition) is 4. The van der Waals surface area contributed by atoms with E-state index >= 15 is 0 Å². The molecule has 1 aliphatic rings. The Balaban J connectivity index is 1.61. The van der Waals surface area contributed by atoms with Gasteiger partial charge in [0, 0.05) is 23.7 Å². The maximum absolute atomic E-state index is 6.15. The largest absolute Gasteiger partial charge is 0.367 e. The van der Waals surface area contributed by atoms with E-state index in [1.165, 1.54) is 25.7 Å². The molecule has 2 aromatic rings. The van der Waals surface area contributed by atoms with Crippen molar-refractivity contribution in [2.75, 3.05) is 10.6 Å². The third-order valence-electron chi connectivity index (χ3n) is 3.79. The molecule has 4 nitrogen and oxygen atoms in total. The Bertz CT molecular complexity index is 596. The first-order valence-electron chi connectivity index (χ1n) is 7.37. The summed E-state index contributed by atoms with van der Waals surface area (Å²) in [5.74, 6) is 1.70. The van der Waals surface area contributed by atoms with Crippen LogP contribution in [-0.4, -0.2) is 16.0 Å². The van der Waals surface area contributed by atoms with Crippen LogP contribution in [0, 0.1) is 0 Å². The molecule has 110 valence electrons. The summed E-state index contributed by atoms with van der Waals surface area (Å²) < 4.78 is 0. The molecule has 21 heavy (non-hydrogen) atoms. The highest BCUT2D eigenvalue weighted by Gasteiger charge is 2.15. The van der Waals surface area contributed by atoms with E-state index in [0.29, 0.717) is 12.6 Å². The molecule has 5 heteroatoms. The van der Waals surface area contributed by atoms with E-state index in [9.17, 15) is 0 Å². The summed E-state index contributed by atoms with van der Waals surface area (Å²) in [7, 11) is 0. The van der Waals surface area contributed by atoms with Crippen molar-refractivity contribution in [3.8, 4) is 0 Å². The van der Waals surface area contributed by atoms with Crippen LogP contribution in [0.4, 0.5) is 11.6 Å². The quantitative estimate of drug-likeness (QED) is 0.873. The number of benzene rings is 1. The van der Waals surface area contributed by atoms with Gasteiger partial charge in [-0.25, -0.2) is 9.97 Å². The zero-order valence-electron chi connectivity index (χ0n) is 11.8. The van der Waals surface area contributed by atoms with Crippen LogP contribution in [0.5, 0.6) is 0 Å². The van der Waals surface area contributed by atoms with Gasteiger partial charge in [0.05, 0.1) is 0 Å². The lowest BCUT2D eigenvalue weighted by atomic mass is 10.2. The van der Waals surface area contributed by atoms with Gasteiger partial charge < -0.3 is 10.6 Å². The third kappa shape index (κ3) is 3.85. The average molecular weight is 303 g/mol. The Morgan fingerprint density at radius 1 is 1.10 bits per heavy atom. The van der Waals surface area contributed by atoms with Crippen molar-refractivity contribution in [1.82, 2.24) is 9.97 Å². The molecule has 0 spiro atoms. The Hall–Kier alpha value is -1.81. The highest BCUT2D eigenvalue weighted by Crippen LogP contribution is 2.22. The fourth-order valence-corrected chi connectivity index (χ4v) is 2.84. The van der Waals surface area contributed by atoms with E-state index in [1.54, 1.807) is 6.33 Å². The molecule has 0 saturated heterocycles. The van der Waals surface area contributed by atoms with Gasteiger partial charge in [0.1, 0.15) is 18.0 Å². The fourth-order valence-electron chi connectivity index (χ4n) is 2.64. The van der Waals surface area contributed by atoms with Crippen LogP contribution in [0.1, 0.15) is 31.2 Å². The van der Waals surface area contributed by atoms with Crippen LogP contribution >= 0.6 is 11.6 Å². The van der Waals surface area contributed by atoms with Crippen molar-refractivity contribution in [3.05, 3.63) is 47.2 Å². The predicted octanol–water partition coefficient (Wildman–Crippen LogP) is 4.10. The maximum atomic E-state index is 6.15. The van der Waals surface area contributed by atoms with E-state index in [0.717, 1.165) is 22.2 Å². The van der Waals surface area contributed by atoms with E-state index < -0.39 is 0 Å². The summed E-state index contributed by atoms with van der Waals surface area (Å²) in [5, 5.41) is 7.53. The molecular weight excluding hydrogens is 284 g/mol. The monoisotopic (exact) mass is 302 g/mol. The second kappa shape index (κ2) is 6.76. The SMILES string of the molecule is Clc1ccccc1CNc1cc(NC2CCCC2)ncn1. The topological polar surface area (TPSA) is 49.8 Å². The number of halogens is 1. The molecule has 1 aromatic heterocycles. The van der Waals surface area contributed by atoms with Crippen molar-refractivity contribution in [2.24, 2.45) is 0 Å². The minimum Gasteiger partial charge on any atom is -0.367 e. The standard InChI is InChI=1S/C16H19ClN4/c17-14-8-4-1-5-12(14)10-18-15-9-16(20-11-19-15)21-13-6-2-3-7-13/h1,4-5,8-9,11,13H,2-3,6-7,10H2,(H2,18,19,20,21). The van der Waals surface area contributed by atoms with Crippen molar-refractivity contribution in [3.63, 3.8) is 0 Å². The molecule has 0 bridgehead atoms. The Labute approximate surface area is 130 Å². The second-order valence-electron chi connectivity index (χ2n) is 5.36. The van der Waals surface area contributed by atoms with E-state index in [2.05, 4.69) is 20.6 Å². The highest BCUT2D eigenvalue weighted by molar-refractivity contribution is 6.31.